The fraction of sp³-hybridized carbons (Fsp3) is 0.522. The minimum atomic E-state index is -0.921. The van der Waals surface area contributed by atoms with Gasteiger partial charge in [-0.15, -0.1) is 0 Å². The van der Waals surface area contributed by atoms with E-state index in [1.807, 2.05) is 6.92 Å². The highest BCUT2D eigenvalue weighted by atomic mass is 32.2. The van der Waals surface area contributed by atoms with Crippen LogP contribution in [0.4, 0.5) is 5.82 Å². The van der Waals surface area contributed by atoms with E-state index in [0.29, 0.717) is 33.3 Å². The van der Waals surface area contributed by atoms with Crippen LogP contribution in [0.25, 0.3) is 6.08 Å². The van der Waals surface area contributed by atoms with Crippen LogP contribution in [0.3, 0.4) is 0 Å². The molecule has 2 aliphatic rings. The van der Waals surface area contributed by atoms with Crippen molar-refractivity contribution in [2.24, 2.45) is 0 Å². The first-order chi connectivity index (χ1) is 16.2. The Labute approximate surface area is 208 Å². The number of hydrogen-bond acceptors (Lipinski definition) is 8. The number of anilines is 1. The average Bonchev–Trinajstić information content (AvgIpc) is 3.05. The number of nitriles is 1. The van der Waals surface area contributed by atoms with E-state index in [1.165, 1.54) is 4.90 Å². The zero-order chi connectivity index (χ0) is 25.0. The van der Waals surface area contributed by atoms with Gasteiger partial charge in [0.2, 0.25) is 0 Å². The van der Waals surface area contributed by atoms with Gasteiger partial charge in [0.1, 0.15) is 21.8 Å². The van der Waals surface area contributed by atoms with Crippen molar-refractivity contribution in [3.8, 4) is 6.07 Å². The van der Waals surface area contributed by atoms with E-state index in [1.54, 1.807) is 17.6 Å². The van der Waals surface area contributed by atoms with Crippen LogP contribution in [-0.2, 0) is 16.1 Å². The third-order valence-corrected chi connectivity index (χ3v) is 7.40. The first-order valence-corrected chi connectivity index (χ1v) is 12.5. The number of thiocarbonyl (C=S) groups is 1. The van der Waals surface area contributed by atoms with Crippen LogP contribution >= 0.6 is 24.0 Å². The highest BCUT2D eigenvalue weighted by Gasteiger charge is 2.33. The Morgan fingerprint density at radius 3 is 2.50 bits per heavy atom. The van der Waals surface area contributed by atoms with Crippen LogP contribution in [0.1, 0.15) is 42.9 Å². The molecule has 0 saturated carbocycles. The molecule has 0 aromatic carbocycles. The largest absolute Gasteiger partial charge is 0.481 e. The molecule has 0 atom stereocenters. The van der Waals surface area contributed by atoms with Gasteiger partial charge in [-0.05, 0) is 38.5 Å². The number of piperazine rings is 1. The van der Waals surface area contributed by atoms with Gasteiger partial charge in [0, 0.05) is 51.3 Å². The number of carbonyl (C=O) groups is 2. The Morgan fingerprint density at radius 1 is 1.24 bits per heavy atom. The van der Waals surface area contributed by atoms with Crippen molar-refractivity contribution in [2.45, 2.75) is 39.7 Å². The molecular weight excluding hydrogens is 474 g/mol. The number of rotatable bonds is 8. The van der Waals surface area contributed by atoms with Crippen LogP contribution in [-0.4, -0.2) is 75.4 Å². The molecule has 9 nitrogen and oxygen atoms in total. The lowest BCUT2D eigenvalue weighted by Crippen LogP contribution is -2.47. The van der Waals surface area contributed by atoms with Crippen molar-refractivity contribution in [1.29, 1.82) is 5.26 Å². The molecule has 0 unspecified atom stereocenters. The predicted octanol–water partition coefficient (Wildman–Crippen LogP) is 2.26. The van der Waals surface area contributed by atoms with Gasteiger partial charge in [-0.2, -0.15) is 5.26 Å². The number of carboxylic acid groups (broad SMARTS) is 1. The maximum atomic E-state index is 13.2. The molecule has 2 saturated heterocycles. The van der Waals surface area contributed by atoms with E-state index in [0.717, 1.165) is 50.2 Å². The highest BCUT2D eigenvalue weighted by molar-refractivity contribution is 8.26. The highest BCUT2D eigenvalue weighted by Crippen LogP contribution is 2.36. The zero-order valence-corrected chi connectivity index (χ0v) is 21.3. The summed E-state index contributed by atoms with van der Waals surface area (Å²) >= 11 is 6.55. The Hall–Kier alpha value is -2.68. The quantitative estimate of drug-likeness (QED) is 0.422. The lowest BCUT2D eigenvalue weighted by Gasteiger charge is -2.36. The van der Waals surface area contributed by atoms with Crippen molar-refractivity contribution in [3.05, 3.63) is 31.9 Å². The van der Waals surface area contributed by atoms with Gasteiger partial charge in [0.25, 0.3) is 11.5 Å². The standard InChI is InChI=1S/C23H29N5O4S2/c1-4-7-27-20(26-11-9-25(3)10-12-26)16(15(2)17(14-24)21(27)31)13-18-22(32)28(23(33)34-18)8-5-6-19(29)30/h13H,4-12H2,1-3H3,(H,29,30). The Bertz CT molecular complexity index is 1130. The number of thioether (sulfide) groups is 1. The second kappa shape index (κ2) is 11.2. The normalized spacial score (nSPS) is 18.1. The smallest absolute Gasteiger partial charge is 0.303 e. The molecule has 3 rings (SSSR count). The van der Waals surface area contributed by atoms with E-state index >= 15 is 0 Å². The lowest BCUT2D eigenvalue weighted by atomic mass is 10.0. The van der Waals surface area contributed by atoms with Crippen LogP contribution in [0.2, 0.25) is 0 Å². The van der Waals surface area contributed by atoms with E-state index in [9.17, 15) is 19.6 Å². The van der Waals surface area contributed by atoms with E-state index in [-0.39, 0.29) is 30.0 Å². The number of hydrogen-bond donors (Lipinski definition) is 1. The topological polar surface area (TPSA) is 110 Å². The molecule has 0 spiro atoms. The van der Waals surface area contributed by atoms with Crippen molar-refractivity contribution in [2.75, 3.05) is 44.7 Å². The molecule has 1 aromatic heterocycles. The number of nitrogens with zero attached hydrogens (tertiary/aromatic N) is 5. The summed E-state index contributed by atoms with van der Waals surface area (Å²) in [4.78, 5) is 43.4. The molecule has 3 heterocycles. The lowest BCUT2D eigenvalue weighted by molar-refractivity contribution is -0.137. The Kier molecular flexibility index (Phi) is 8.52. The van der Waals surface area contributed by atoms with Crippen molar-refractivity contribution in [1.82, 2.24) is 14.4 Å². The average molecular weight is 504 g/mol. The molecule has 1 N–H and O–H groups in total. The van der Waals surface area contributed by atoms with E-state index in [4.69, 9.17) is 17.3 Å². The number of likely N-dealkylation sites (N-methyl/N-ethyl adjacent to an activating group) is 1. The fourth-order valence-corrected chi connectivity index (χ4v) is 5.44. The molecule has 0 radical (unpaired) electrons. The molecule has 1 aromatic rings. The van der Waals surface area contributed by atoms with Crippen molar-refractivity contribution in [3.63, 3.8) is 0 Å². The van der Waals surface area contributed by atoms with Crippen molar-refractivity contribution < 1.29 is 14.7 Å². The summed E-state index contributed by atoms with van der Waals surface area (Å²) in [7, 11) is 2.05. The van der Waals surface area contributed by atoms with Gasteiger partial charge >= 0.3 is 5.97 Å². The predicted molar refractivity (Wildman–Crippen MR) is 137 cm³/mol. The first-order valence-electron chi connectivity index (χ1n) is 11.3. The van der Waals surface area contributed by atoms with Crippen LogP contribution in [0.5, 0.6) is 0 Å². The first kappa shape index (κ1) is 25.9. The monoisotopic (exact) mass is 503 g/mol. The number of pyridine rings is 1. The van der Waals surface area contributed by atoms with E-state index in [2.05, 4.69) is 22.9 Å². The van der Waals surface area contributed by atoms with Crippen molar-refractivity contribution >= 4 is 52.1 Å². The summed E-state index contributed by atoms with van der Waals surface area (Å²) in [5.41, 5.74) is 0.994. The zero-order valence-electron chi connectivity index (χ0n) is 19.7. The number of aromatic nitrogens is 1. The summed E-state index contributed by atoms with van der Waals surface area (Å²) in [6.45, 7) is 7.55. The third kappa shape index (κ3) is 5.35. The SMILES string of the molecule is CCCn1c(N2CCN(C)CC2)c(C=C2SC(=S)N(CCCC(=O)O)C2=O)c(C)c(C#N)c1=O. The molecule has 1 amide bonds. The van der Waals surface area contributed by atoms with Gasteiger partial charge < -0.3 is 14.9 Å². The minimum Gasteiger partial charge on any atom is -0.481 e. The van der Waals surface area contributed by atoms with Gasteiger partial charge in [-0.3, -0.25) is 23.9 Å². The van der Waals surface area contributed by atoms with Gasteiger partial charge in [0.15, 0.2) is 0 Å². The summed E-state index contributed by atoms with van der Waals surface area (Å²) in [5, 5.41) is 18.6. The van der Waals surface area contributed by atoms with Crippen LogP contribution < -0.4 is 10.5 Å². The number of carboxylic acids is 1. The third-order valence-electron chi connectivity index (χ3n) is 6.02. The van der Waals surface area contributed by atoms with Gasteiger partial charge in [-0.25, -0.2) is 0 Å². The fourth-order valence-electron chi connectivity index (χ4n) is 4.15. The molecule has 0 bridgehead atoms. The maximum absolute atomic E-state index is 13.2. The second-order valence-electron chi connectivity index (χ2n) is 8.43. The Balaban J connectivity index is 2.10. The molecule has 11 heteroatoms. The molecular formula is C23H29N5O4S2. The minimum absolute atomic E-state index is 0.0454. The molecule has 2 fully saturated rings. The van der Waals surface area contributed by atoms with Crippen LogP contribution in [0, 0.1) is 18.3 Å². The summed E-state index contributed by atoms with van der Waals surface area (Å²) in [6.07, 6.45) is 2.72. The summed E-state index contributed by atoms with van der Waals surface area (Å²) in [5.74, 6) is -0.473. The number of aliphatic carboxylic acids is 1. The molecule has 34 heavy (non-hydrogen) atoms. The molecule has 182 valence electrons. The summed E-state index contributed by atoms with van der Waals surface area (Å²) < 4.78 is 2.04. The molecule has 2 aliphatic heterocycles. The van der Waals surface area contributed by atoms with E-state index < -0.39 is 5.97 Å². The number of carbonyl (C=O) groups excluding carboxylic acids is 1. The van der Waals surface area contributed by atoms with Gasteiger partial charge in [0.05, 0.1) is 4.91 Å². The Morgan fingerprint density at radius 2 is 1.91 bits per heavy atom. The number of amides is 1. The second-order valence-corrected chi connectivity index (χ2v) is 10.1. The maximum Gasteiger partial charge on any atom is 0.303 e. The summed E-state index contributed by atoms with van der Waals surface area (Å²) in [6, 6.07) is 2.06. The van der Waals surface area contributed by atoms with Crippen LogP contribution in [0.15, 0.2) is 9.70 Å². The molecule has 0 aliphatic carbocycles. The van der Waals surface area contributed by atoms with Gasteiger partial charge in [-0.1, -0.05) is 30.9 Å².